The van der Waals surface area contributed by atoms with Crippen molar-refractivity contribution < 1.29 is 0 Å². The summed E-state index contributed by atoms with van der Waals surface area (Å²) in [6.07, 6.45) is 4.27. The molecule has 1 aliphatic carbocycles. The van der Waals surface area contributed by atoms with Gasteiger partial charge in [-0.05, 0) is 29.8 Å². The van der Waals surface area contributed by atoms with Gasteiger partial charge in [-0.15, -0.1) is 0 Å². The van der Waals surface area contributed by atoms with Crippen LogP contribution in [0, 0.1) is 0 Å². The van der Waals surface area contributed by atoms with Crippen molar-refractivity contribution in [2.45, 2.75) is 13.5 Å². The Balaban J connectivity index is 2.35. The highest BCUT2D eigenvalue weighted by Gasteiger charge is 2.32. The van der Waals surface area contributed by atoms with Crippen molar-refractivity contribution in [3.63, 3.8) is 0 Å². The van der Waals surface area contributed by atoms with Crippen molar-refractivity contribution in [1.29, 1.82) is 0 Å². The number of fused-ring (bicyclic) bond motifs is 1. The Morgan fingerprint density at radius 1 is 1.29 bits per heavy atom. The van der Waals surface area contributed by atoms with E-state index >= 15 is 0 Å². The van der Waals surface area contributed by atoms with E-state index in [0.29, 0.717) is 0 Å². The first-order valence-corrected chi connectivity index (χ1v) is 8.38. The summed E-state index contributed by atoms with van der Waals surface area (Å²) in [5, 5.41) is 1.35. The molecule has 0 radical (unpaired) electrons. The van der Waals surface area contributed by atoms with E-state index in [1.165, 1.54) is 16.3 Å². The Hall–Kier alpha value is -0.793. The predicted molar refractivity (Wildman–Crippen MR) is 66.6 cm³/mol. The third-order valence-corrected chi connectivity index (χ3v) is 5.97. The van der Waals surface area contributed by atoms with Crippen LogP contribution in [0.5, 0.6) is 0 Å². The van der Waals surface area contributed by atoms with Crippen LogP contribution in [0.4, 0.5) is 0 Å². The summed E-state index contributed by atoms with van der Waals surface area (Å²) < 4.78 is 0. The van der Waals surface area contributed by atoms with Crippen molar-refractivity contribution in [3.8, 4) is 0 Å². The third-order valence-electron chi connectivity index (χ3n) is 2.56. The molecule has 0 heterocycles. The molecule has 0 nitrogen and oxygen atoms in total. The average Bonchev–Trinajstić information content (AvgIpc) is 2.06. The van der Waals surface area contributed by atoms with Gasteiger partial charge in [-0.2, -0.15) is 11.1 Å². The van der Waals surface area contributed by atoms with Crippen LogP contribution in [0.3, 0.4) is 0 Å². The van der Waals surface area contributed by atoms with Crippen molar-refractivity contribution in [2.24, 2.45) is 0 Å². The number of rotatable bonds is 2. The average molecular weight is 221 g/mol. The molecule has 0 bridgehead atoms. The van der Waals surface area contributed by atoms with Gasteiger partial charge in [0, 0.05) is 0 Å². The summed E-state index contributed by atoms with van der Waals surface area (Å²) in [5.41, 5.74) is 4.83. The van der Waals surface area contributed by atoms with Crippen LogP contribution >= 0.6 is 11.1 Å². The van der Waals surface area contributed by atoms with E-state index in [2.05, 4.69) is 48.7 Å². The highest BCUT2D eigenvalue weighted by atomic mass is 35.6. The first-order chi connectivity index (χ1) is 6.65. The monoisotopic (exact) mass is 220 g/mol. The summed E-state index contributed by atoms with van der Waals surface area (Å²) in [6, 6.07) is 8.43. The van der Waals surface area contributed by atoms with Crippen LogP contribution in [0.25, 0.3) is 11.3 Å². The minimum atomic E-state index is -1.82. The highest BCUT2D eigenvalue weighted by molar-refractivity contribution is 7.32. The molecule has 0 fully saturated rings. The molecule has 1 aromatic rings. The van der Waals surface area contributed by atoms with Crippen molar-refractivity contribution in [2.75, 3.05) is 0 Å². The fourth-order valence-corrected chi connectivity index (χ4v) is 4.68. The van der Waals surface area contributed by atoms with Gasteiger partial charge in [0.2, 0.25) is 7.38 Å². The van der Waals surface area contributed by atoms with E-state index in [1.807, 2.05) is 6.92 Å². The quantitative estimate of drug-likeness (QED) is 0.522. The molecule has 0 saturated heterocycles. The molecule has 14 heavy (non-hydrogen) atoms. The second-order valence-electron chi connectivity index (χ2n) is 3.72. The molecule has 0 aliphatic heterocycles. The normalized spacial score (nSPS) is 18.4. The maximum atomic E-state index is 6.55. The Morgan fingerprint density at radius 2 is 2.00 bits per heavy atom. The van der Waals surface area contributed by atoms with Gasteiger partial charge in [0.1, 0.15) is 0 Å². The first-order valence-electron chi connectivity index (χ1n) is 4.79. The highest BCUT2D eigenvalue weighted by Crippen LogP contribution is 2.40. The van der Waals surface area contributed by atoms with E-state index in [9.17, 15) is 0 Å². The predicted octanol–water partition coefficient (Wildman–Crippen LogP) is 4.01. The minimum absolute atomic E-state index is 1.33. The molecule has 0 saturated carbocycles. The third kappa shape index (κ3) is 1.47. The summed E-state index contributed by atoms with van der Waals surface area (Å²) in [4.78, 5) is 0. The Kier molecular flexibility index (Phi) is 2.37. The zero-order valence-electron chi connectivity index (χ0n) is 8.42. The first kappa shape index (κ1) is 9.75. The van der Waals surface area contributed by atoms with E-state index < -0.39 is 7.38 Å². The Bertz CT molecular complexity index is 416. The number of hydrogen-bond donors (Lipinski definition) is 0. The summed E-state index contributed by atoms with van der Waals surface area (Å²) >= 11 is 6.55. The van der Waals surface area contributed by atoms with Gasteiger partial charge in [0.05, 0.1) is 0 Å². The molecule has 1 aromatic carbocycles. The molecular weight excluding hydrogens is 208 g/mol. The minimum Gasteiger partial charge on any atom is -0.156 e. The van der Waals surface area contributed by atoms with Crippen LogP contribution < -0.4 is 0 Å². The molecule has 0 aromatic heterocycles. The second kappa shape index (κ2) is 3.41. The lowest BCUT2D eigenvalue weighted by atomic mass is 9.98. The molecule has 72 valence electrons. The molecule has 0 spiro atoms. The number of hydrogen-bond acceptors (Lipinski definition) is 0. The molecule has 0 amide bonds. The van der Waals surface area contributed by atoms with Crippen molar-refractivity contribution in [1.82, 2.24) is 0 Å². The van der Waals surface area contributed by atoms with Gasteiger partial charge >= 0.3 is 0 Å². The molecule has 2 heteroatoms. The van der Waals surface area contributed by atoms with Gasteiger partial charge in [0.25, 0.3) is 0 Å². The zero-order valence-corrected chi connectivity index (χ0v) is 10.2. The number of allylic oxidation sites excluding steroid dienone is 1. The molecule has 1 unspecified atom stereocenters. The SMILES string of the molecule is CC=C[Si](C)(Cl)C1=Cc2ccccc21. The Morgan fingerprint density at radius 3 is 2.64 bits per heavy atom. The largest absolute Gasteiger partial charge is 0.207 e. The topological polar surface area (TPSA) is 0 Å². The standard InChI is InChI=1S/C12H13ClSi/c1-3-8-14(2,13)12-9-10-6-4-5-7-11(10)12/h3-9H,1-2H3. The van der Waals surface area contributed by atoms with Crippen LogP contribution in [0.1, 0.15) is 18.1 Å². The van der Waals surface area contributed by atoms with Gasteiger partial charge in [-0.3, -0.25) is 0 Å². The summed E-state index contributed by atoms with van der Waals surface area (Å²) in [6.45, 7) is 4.19. The molecule has 1 aliphatic rings. The molecule has 2 rings (SSSR count). The fraction of sp³-hybridized carbons (Fsp3) is 0.167. The van der Waals surface area contributed by atoms with Gasteiger partial charge in [-0.1, -0.05) is 42.1 Å². The van der Waals surface area contributed by atoms with Crippen LogP contribution in [-0.2, 0) is 0 Å². The second-order valence-corrected chi connectivity index (χ2v) is 9.10. The molecule has 1 atom stereocenters. The summed E-state index contributed by atoms with van der Waals surface area (Å²) in [7, 11) is -1.82. The van der Waals surface area contributed by atoms with Crippen molar-refractivity contribution in [3.05, 3.63) is 47.2 Å². The lowest BCUT2D eigenvalue weighted by Crippen LogP contribution is -2.26. The van der Waals surface area contributed by atoms with Crippen LogP contribution in [-0.4, -0.2) is 7.38 Å². The van der Waals surface area contributed by atoms with E-state index in [4.69, 9.17) is 11.1 Å². The molecular formula is C12H13ClSi. The van der Waals surface area contributed by atoms with Crippen LogP contribution in [0.15, 0.2) is 36.0 Å². The fourth-order valence-electron chi connectivity index (χ4n) is 1.83. The van der Waals surface area contributed by atoms with Gasteiger partial charge in [0.15, 0.2) is 0 Å². The smallest absolute Gasteiger partial charge is 0.156 e. The summed E-state index contributed by atoms with van der Waals surface area (Å²) in [5.74, 6) is 0. The van der Waals surface area contributed by atoms with Gasteiger partial charge in [-0.25, -0.2) is 0 Å². The van der Waals surface area contributed by atoms with E-state index in [0.717, 1.165) is 0 Å². The van der Waals surface area contributed by atoms with E-state index in [-0.39, 0.29) is 0 Å². The maximum Gasteiger partial charge on any atom is 0.207 e. The lowest BCUT2D eigenvalue weighted by Gasteiger charge is -2.28. The number of halogens is 1. The van der Waals surface area contributed by atoms with Crippen LogP contribution in [0.2, 0.25) is 6.55 Å². The van der Waals surface area contributed by atoms with Crippen molar-refractivity contribution >= 4 is 29.7 Å². The zero-order chi connectivity index (χ0) is 10.2. The lowest BCUT2D eigenvalue weighted by molar-refractivity contribution is 1.55. The Labute approximate surface area is 90.6 Å². The molecule has 0 N–H and O–H groups in total. The van der Waals surface area contributed by atoms with E-state index in [1.54, 1.807) is 0 Å². The maximum absolute atomic E-state index is 6.55. The van der Waals surface area contributed by atoms with Gasteiger partial charge < -0.3 is 0 Å². The number of benzene rings is 1.